The minimum absolute atomic E-state index is 0.168. The molecule has 0 unspecified atom stereocenters. The van der Waals surface area contributed by atoms with Crippen LogP contribution >= 0.6 is 0 Å². The number of piperidine rings is 1. The van der Waals surface area contributed by atoms with Crippen molar-refractivity contribution < 1.29 is 28.8 Å². The molecule has 0 saturated carbocycles. The first kappa shape index (κ1) is 23.4. The van der Waals surface area contributed by atoms with Gasteiger partial charge in [-0.05, 0) is 60.7 Å². The Morgan fingerprint density at radius 2 is 1.91 bits per heavy atom. The maximum absolute atomic E-state index is 12.8. The lowest BCUT2D eigenvalue weighted by atomic mass is 9.99. The van der Waals surface area contributed by atoms with Gasteiger partial charge in [0, 0.05) is 18.8 Å². The lowest BCUT2D eigenvalue weighted by molar-refractivity contribution is -0.123. The average Bonchev–Trinajstić information content (AvgIpc) is 3.51. The molecule has 2 bridgehead atoms. The van der Waals surface area contributed by atoms with E-state index in [1.807, 2.05) is 24.3 Å². The first-order valence-corrected chi connectivity index (χ1v) is 12.2. The van der Waals surface area contributed by atoms with Crippen molar-refractivity contribution in [1.29, 1.82) is 0 Å². The van der Waals surface area contributed by atoms with Gasteiger partial charge in [-0.1, -0.05) is 12.1 Å². The molecule has 2 aromatic rings. The van der Waals surface area contributed by atoms with Crippen molar-refractivity contribution in [3.05, 3.63) is 59.8 Å². The van der Waals surface area contributed by atoms with Crippen LogP contribution in [-0.2, 0) is 4.79 Å². The van der Waals surface area contributed by atoms with Gasteiger partial charge in [-0.3, -0.25) is 4.79 Å². The number of benzene rings is 2. The summed E-state index contributed by atoms with van der Waals surface area (Å²) < 4.78 is 22.2. The smallest absolute Gasteiger partial charge is 0.223 e. The fourth-order valence-corrected chi connectivity index (χ4v) is 4.92. The van der Waals surface area contributed by atoms with Crippen molar-refractivity contribution in [3.8, 4) is 23.0 Å². The predicted molar refractivity (Wildman–Crippen MR) is 130 cm³/mol. The summed E-state index contributed by atoms with van der Waals surface area (Å²) in [5.41, 5.74) is 2.00. The summed E-state index contributed by atoms with van der Waals surface area (Å²) in [5.74, 6) is 3.12. The van der Waals surface area contributed by atoms with Crippen molar-refractivity contribution in [3.63, 3.8) is 0 Å². The maximum Gasteiger partial charge on any atom is 0.223 e. The molecular weight excluding hydrogens is 448 g/mol. The van der Waals surface area contributed by atoms with Crippen molar-refractivity contribution >= 4 is 5.91 Å². The normalized spacial score (nSPS) is 19.7. The number of carbonyl (C=O) groups excluding carboxylic acids is 1. The highest BCUT2D eigenvalue weighted by molar-refractivity contribution is 5.76. The molecular formula is C27H32N2O6. The van der Waals surface area contributed by atoms with Crippen LogP contribution in [0.2, 0.25) is 0 Å². The topological polar surface area (TPSA) is 89.5 Å². The van der Waals surface area contributed by atoms with Gasteiger partial charge in [0.15, 0.2) is 11.5 Å². The summed E-state index contributed by atoms with van der Waals surface area (Å²) in [6, 6.07) is 12.2. The molecule has 0 fully saturated rings. The Kier molecular flexibility index (Phi) is 6.99. The number of hydrogen-bond donors (Lipinski definition) is 2. The summed E-state index contributed by atoms with van der Waals surface area (Å²) in [6.07, 6.45) is 3.86. The Balaban J connectivity index is 1.23. The van der Waals surface area contributed by atoms with Crippen molar-refractivity contribution in [2.24, 2.45) is 5.92 Å². The van der Waals surface area contributed by atoms with Crippen LogP contribution < -0.4 is 24.3 Å². The first-order chi connectivity index (χ1) is 17.1. The number of amides is 1. The average molecular weight is 481 g/mol. The third kappa shape index (κ3) is 5.48. The van der Waals surface area contributed by atoms with Gasteiger partial charge in [0.1, 0.15) is 30.8 Å². The number of methoxy groups -OCH3 is 1. The number of hydrogen-bond acceptors (Lipinski definition) is 7. The number of fused-ring (bicyclic) bond motifs is 2. The van der Waals surface area contributed by atoms with E-state index in [-0.39, 0.29) is 18.9 Å². The molecule has 35 heavy (non-hydrogen) atoms. The minimum Gasteiger partial charge on any atom is -0.497 e. The molecule has 0 aromatic heterocycles. The number of likely N-dealkylation sites (tertiary alicyclic amines) is 1. The monoisotopic (exact) mass is 480 g/mol. The minimum atomic E-state index is -0.892. The molecule has 1 aliphatic carbocycles. The highest BCUT2D eigenvalue weighted by atomic mass is 16.6. The molecule has 8 nitrogen and oxygen atoms in total. The number of aliphatic hydroxyl groups excluding tert-OH is 1. The van der Waals surface area contributed by atoms with Gasteiger partial charge in [-0.25, -0.2) is 0 Å². The Labute approximate surface area is 205 Å². The van der Waals surface area contributed by atoms with E-state index >= 15 is 0 Å². The molecule has 186 valence electrons. The van der Waals surface area contributed by atoms with E-state index in [1.165, 1.54) is 12.1 Å². The van der Waals surface area contributed by atoms with Gasteiger partial charge < -0.3 is 34.3 Å². The van der Waals surface area contributed by atoms with Crippen LogP contribution in [-0.4, -0.2) is 62.0 Å². The summed E-state index contributed by atoms with van der Waals surface area (Å²) in [7, 11) is 1.61. The van der Waals surface area contributed by atoms with E-state index in [0.29, 0.717) is 48.5 Å². The van der Waals surface area contributed by atoms with Gasteiger partial charge >= 0.3 is 0 Å². The number of nitrogens with zero attached hydrogens (tertiary/aromatic N) is 1. The fraction of sp³-hybridized carbons (Fsp3) is 0.444. The maximum atomic E-state index is 12.8. The summed E-state index contributed by atoms with van der Waals surface area (Å²) in [6.45, 7) is 2.71. The van der Waals surface area contributed by atoms with Crippen LogP contribution in [0.4, 0.5) is 0 Å². The van der Waals surface area contributed by atoms with Gasteiger partial charge in [-0.2, -0.15) is 0 Å². The van der Waals surface area contributed by atoms with Crippen molar-refractivity contribution in [2.45, 2.75) is 31.4 Å². The number of allylic oxidation sites excluding steroid dienone is 1. The molecule has 2 aromatic carbocycles. The van der Waals surface area contributed by atoms with E-state index in [9.17, 15) is 9.90 Å². The van der Waals surface area contributed by atoms with Crippen LogP contribution in [0.15, 0.2) is 54.2 Å². The Morgan fingerprint density at radius 1 is 1.14 bits per heavy atom. The van der Waals surface area contributed by atoms with Gasteiger partial charge in [-0.15, -0.1) is 0 Å². The number of ether oxygens (including phenoxy) is 4. The largest absolute Gasteiger partial charge is 0.497 e. The molecule has 3 atom stereocenters. The van der Waals surface area contributed by atoms with Crippen molar-refractivity contribution in [1.82, 2.24) is 10.2 Å². The molecule has 1 amide bonds. The lowest BCUT2D eigenvalue weighted by Crippen LogP contribution is -2.47. The Hall–Kier alpha value is -3.39. The Morgan fingerprint density at radius 3 is 2.63 bits per heavy atom. The number of rotatable bonds is 10. The van der Waals surface area contributed by atoms with Gasteiger partial charge in [0.05, 0.1) is 26.2 Å². The zero-order chi connectivity index (χ0) is 24.2. The first-order valence-electron chi connectivity index (χ1n) is 12.2. The fourth-order valence-electron chi connectivity index (χ4n) is 4.92. The van der Waals surface area contributed by atoms with E-state index in [1.54, 1.807) is 25.3 Å². The summed E-state index contributed by atoms with van der Waals surface area (Å²) in [4.78, 5) is 15.1. The highest BCUT2D eigenvalue weighted by Crippen LogP contribution is 2.37. The highest BCUT2D eigenvalue weighted by Gasteiger charge is 2.33. The zero-order valence-corrected chi connectivity index (χ0v) is 19.9. The van der Waals surface area contributed by atoms with E-state index < -0.39 is 12.1 Å². The number of nitrogens with one attached hydrogen (secondary N) is 1. The van der Waals surface area contributed by atoms with Gasteiger partial charge in [0.25, 0.3) is 0 Å². The number of carbonyl (C=O) groups is 1. The quantitative estimate of drug-likeness (QED) is 0.540. The summed E-state index contributed by atoms with van der Waals surface area (Å²) >= 11 is 0. The van der Waals surface area contributed by atoms with Crippen LogP contribution in [0.25, 0.3) is 0 Å². The summed E-state index contributed by atoms with van der Waals surface area (Å²) in [5, 5.41) is 14.4. The van der Waals surface area contributed by atoms with Crippen LogP contribution in [0.5, 0.6) is 23.0 Å². The predicted octanol–water partition coefficient (Wildman–Crippen LogP) is 3.06. The molecule has 2 heterocycles. The molecule has 8 heteroatoms. The third-order valence-corrected chi connectivity index (χ3v) is 6.77. The molecule has 3 aliphatic rings. The molecule has 2 N–H and O–H groups in total. The zero-order valence-electron chi connectivity index (χ0n) is 19.9. The second-order valence-electron chi connectivity index (χ2n) is 9.16. The van der Waals surface area contributed by atoms with Crippen LogP contribution in [0, 0.1) is 5.92 Å². The van der Waals surface area contributed by atoms with E-state index in [0.717, 1.165) is 18.7 Å². The third-order valence-electron chi connectivity index (χ3n) is 6.77. The molecule has 0 radical (unpaired) electrons. The second-order valence-corrected chi connectivity index (χ2v) is 9.16. The second kappa shape index (κ2) is 10.5. The number of aliphatic hydroxyl groups is 1. The molecule has 5 rings (SSSR count). The van der Waals surface area contributed by atoms with Crippen LogP contribution in [0.3, 0.4) is 0 Å². The molecule has 2 aliphatic heterocycles. The molecule has 0 saturated heterocycles. The van der Waals surface area contributed by atoms with E-state index in [4.69, 9.17) is 18.9 Å². The van der Waals surface area contributed by atoms with Gasteiger partial charge in [0.2, 0.25) is 5.91 Å². The van der Waals surface area contributed by atoms with Crippen LogP contribution in [0.1, 0.15) is 30.9 Å². The lowest BCUT2D eigenvalue weighted by Gasteiger charge is -2.34. The Bertz CT molecular complexity index is 1070. The SMILES string of the molecule is COc1ccc(OCCC(=O)N[C@H](CN2C[C@H]3C=C2CC3)[C@H](O)c2ccc3c(c2)OCCO3)cc1. The van der Waals surface area contributed by atoms with Crippen molar-refractivity contribution in [2.75, 3.05) is 40.0 Å². The standard InChI is InChI=1S/C27H32N2O6/c1-32-21-5-7-22(8-6-21)33-11-10-26(30)28-23(17-29-16-18-2-4-20(29)14-18)27(31)19-3-9-24-25(15-19)35-13-12-34-24/h3,5-9,14-15,18,23,27,31H,2,4,10-13,16-17H2,1H3,(H,28,30)/t18-,23-,27-/m1/s1. The van der Waals surface area contributed by atoms with E-state index in [2.05, 4.69) is 16.3 Å². The molecule has 0 spiro atoms.